The first-order chi connectivity index (χ1) is 6.79. The smallest absolute Gasteiger partial charge is 0.129 e. The number of hydrogen-bond acceptors (Lipinski definition) is 4. The Hall–Kier alpha value is -1.33. The predicted molar refractivity (Wildman–Crippen MR) is 50.4 cm³/mol. The molecule has 1 aromatic heterocycles. The van der Waals surface area contributed by atoms with Crippen molar-refractivity contribution in [3.05, 3.63) is 46.7 Å². The Morgan fingerprint density at radius 3 is 2.79 bits per heavy atom. The van der Waals surface area contributed by atoms with Crippen LogP contribution in [0, 0.1) is 5.82 Å². The van der Waals surface area contributed by atoms with E-state index in [1.807, 2.05) is 0 Å². The van der Waals surface area contributed by atoms with Crippen molar-refractivity contribution in [3.8, 4) is 0 Å². The van der Waals surface area contributed by atoms with Gasteiger partial charge >= 0.3 is 0 Å². The first kappa shape index (κ1) is 9.23. The molecule has 0 aliphatic carbocycles. The summed E-state index contributed by atoms with van der Waals surface area (Å²) in [5.74, 6) is -0.423. The van der Waals surface area contributed by atoms with E-state index in [9.17, 15) is 9.50 Å². The summed E-state index contributed by atoms with van der Waals surface area (Å²) in [7, 11) is 0. The van der Waals surface area contributed by atoms with Crippen LogP contribution in [0.4, 0.5) is 4.39 Å². The van der Waals surface area contributed by atoms with Crippen molar-refractivity contribution < 1.29 is 9.50 Å². The summed E-state index contributed by atoms with van der Waals surface area (Å²) >= 11 is 1.06. The van der Waals surface area contributed by atoms with E-state index in [1.165, 1.54) is 12.3 Å². The normalized spacial score (nSPS) is 12.7. The monoisotopic (exact) mass is 210 g/mol. The zero-order valence-electron chi connectivity index (χ0n) is 7.09. The van der Waals surface area contributed by atoms with Crippen LogP contribution in [-0.2, 0) is 0 Å². The van der Waals surface area contributed by atoms with E-state index in [2.05, 4.69) is 9.59 Å². The van der Waals surface area contributed by atoms with Gasteiger partial charge in [-0.05, 0) is 17.6 Å². The van der Waals surface area contributed by atoms with Gasteiger partial charge in [0.25, 0.3) is 0 Å². The van der Waals surface area contributed by atoms with Gasteiger partial charge in [-0.2, -0.15) is 0 Å². The first-order valence-corrected chi connectivity index (χ1v) is 4.76. The van der Waals surface area contributed by atoms with Gasteiger partial charge in [-0.3, -0.25) is 0 Å². The molecule has 1 aromatic carbocycles. The largest absolute Gasteiger partial charge is 0.383 e. The van der Waals surface area contributed by atoms with Crippen LogP contribution in [-0.4, -0.2) is 14.7 Å². The molecule has 1 heterocycles. The molecule has 14 heavy (non-hydrogen) atoms. The highest BCUT2D eigenvalue weighted by molar-refractivity contribution is 7.05. The number of aromatic nitrogens is 2. The molecule has 0 aliphatic rings. The van der Waals surface area contributed by atoms with Gasteiger partial charge in [-0.25, -0.2) is 4.39 Å². The molecule has 1 N–H and O–H groups in total. The molecule has 0 saturated heterocycles. The minimum Gasteiger partial charge on any atom is -0.383 e. The Bertz CT molecular complexity index is 419. The van der Waals surface area contributed by atoms with Crippen LogP contribution in [0.5, 0.6) is 0 Å². The van der Waals surface area contributed by atoms with E-state index in [0.717, 1.165) is 11.5 Å². The average Bonchev–Trinajstić information content (AvgIpc) is 2.70. The minimum atomic E-state index is -0.976. The van der Waals surface area contributed by atoms with Crippen LogP contribution in [0.1, 0.15) is 16.5 Å². The van der Waals surface area contributed by atoms with E-state index in [1.54, 1.807) is 18.2 Å². The molecular weight excluding hydrogens is 203 g/mol. The van der Waals surface area contributed by atoms with Gasteiger partial charge in [0.15, 0.2) is 0 Å². The van der Waals surface area contributed by atoms with Crippen molar-refractivity contribution in [2.75, 3.05) is 0 Å². The molecule has 0 radical (unpaired) electrons. The summed E-state index contributed by atoms with van der Waals surface area (Å²) in [6, 6.07) is 6.11. The summed E-state index contributed by atoms with van der Waals surface area (Å²) < 4.78 is 16.8. The topological polar surface area (TPSA) is 46.0 Å². The first-order valence-electron chi connectivity index (χ1n) is 3.99. The number of aliphatic hydroxyl groups excluding tert-OH is 1. The molecule has 0 aliphatic heterocycles. The van der Waals surface area contributed by atoms with E-state index >= 15 is 0 Å². The van der Waals surface area contributed by atoms with E-state index in [-0.39, 0.29) is 5.56 Å². The van der Waals surface area contributed by atoms with Crippen LogP contribution in [0.15, 0.2) is 30.5 Å². The lowest BCUT2D eigenvalue weighted by molar-refractivity contribution is 0.218. The van der Waals surface area contributed by atoms with Crippen LogP contribution in [0.3, 0.4) is 0 Å². The lowest BCUT2D eigenvalue weighted by atomic mass is 10.1. The van der Waals surface area contributed by atoms with E-state index in [4.69, 9.17) is 0 Å². The molecular formula is C9H7FN2OS. The van der Waals surface area contributed by atoms with Gasteiger partial charge in [0.1, 0.15) is 11.9 Å². The van der Waals surface area contributed by atoms with Gasteiger partial charge in [-0.1, -0.05) is 22.7 Å². The summed E-state index contributed by atoms with van der Waals surface area (Å²) in [5.41, 5.74) is 0.249. The van der Waals surface area contributed by atoms with Crippen molar-refractivity contribution in [2.45, 2.75) is 6.10 Å². The molecule has 3 nitrogen and oxygen atoms in total. The molecule has 2 aromatic rings. The molecule has 2 rings (SSSR count). The lowest BCUT2D eigenvalue weighted by Gasteiger charge is -2.07. The SMILES string of the molecule is OC(c1cnns1)c1ccccc1F. The Kier molecular flexibility index (Phi) is 2.51. The summed E-state index contributed by atoms with van der Waals surface area (Å²) in [6.07, 6.45) is 0.457. The molecule has 72 valence electrons. The van der Waals surface area contributed by atoms with Crippen molar-refractivity contribution in [1.82, 2.24) is 9.59 Å². The Balaban J connectivity index is 2.37. The van der Waals surface area contributed by atoms with Crippen molar-refractivity contribution in [1.29, 1.82) is 0 Å². The third-order valence-corrected chi connectivity index (χ3v) is 2.56. The minimum absolute atomic E-state index is 0.249. The van der Waals surface area contributed by atoms with Crippen LogP contribution < -0.4 is 0 Å². The molecule has 0 bridgehead atoms. The third-order valence-electron chi connectivity index (χ3n) is 1.85. The van der Waals surface area contributed by atoms with Crippen LogP contribution in [0.25, 0.3) is 0 Å². The second-order valence-electron chi connectivity index (χ2n) is 2.74. The van der Waals surface area contributed by atoms with Crippen molar-refractivity contribution in [3.63, 3.8) is 0 Å². The number of aliphatic hydroxyl groups is 1. The van der Waals surface area contributed by atoms with Gasteiger partial charge < -0.3 is 5.11 Å². The molecule has 0 fully saturated rings. The molecule has 5 heteroatoms. The number of rotatable bonds is 2. The fraction of sp³-hybridized carbons (Fsp3) is 0.111. The Labute approximate surface area is 84.0 Å². The highest BCUT2D eigenvalue weighted by Gasteiger charge is 2.15. The van der Waals surface area contributed by atoms with Crippen LogP contribution in [0.2, 0.25) is 0 Å². The van der Waals surface area contributed by atoms with E-state index < -0.39 is 11.9 Å². The van der Waals surface area contributed by atoms with Gasteiger partial charge in [-0.15, -0.1) is 5.10 Å². The Morgan fingerprint density at radius 1 is 1.36 bits per heavy atom. The molecule has 0 spiro atoms. The highest BCUT2D eigenvalue weighted by Crippen LogP contribution is 2.25. The average molecular weight is 210 g/mol. The zero-order valence-corrected chi connectivity index (χ0v) is 7.91. The molecule has 0 amide bonds. The van der Waals surface area contributed by atoms with Crippen molar-refractivity contribution in [2.24, 2.45) is 0 Å². The Morgan fingerprint density at radius 2 is 2.14 bits per heavy atom. The number of halogens is 1. The number of nitrogens with zero attached hydrogens (tertiary/aromatic N) is 2. The van der Waals surface area contributed by atoms with Crippen LogP contribution >= 0.6 is 11.5 Å². The number of benzene rings is 1. The van der Waals surface area contributed by atoms with Crippen molar-refractivity contribution >= 4 is 11.5 Å². The van der Waals surface area contributed by atoms with E-state index in [0.29, 0.717) is 4.88 Å². The summed E-state index contributed by atoms with van der Waals surface area (Å²) in [4.78, 5) is 0.537. The van der Waals surface area contributed by atoms with Gasteiger partial charge in [0.2, 0.25) is 0 Å². The summed E-state index contributed by atoms with van der Waals surface area (Å²) in [5, 5.41) is 13.3. The fourth-order valence-electron chi connectivity index (χ4n) is 1.15. The maximum absolute atomic E-state index is 13.2. The maximum Gasteiger partial charge on any atom is 0.129 e. The molecule has 0 saturated carbocycles. The maximum atomic E-state index is 13.2. The molecule has 1 unspecified atom stereocenters. The second kappa shape index (κ2) is 3.81. The second-order valence-corrected chi connectivity index (χ2v) is 3.56. The third kappa shape index (κ3) is 1.64. The van der Waals surface area contributed by atoms with Gasteiger partial charge in [0, 0.05) is 5.56 Å². The standard InChI is InChI=1S/C9H7FN2OS/c10-7-4-2-1-3-6(7)9(13)8-5-11-12-14-8/h1-5,9,13H. The highest BCUT2D eigenvalue weighted by atomic mass is 32.1. The fourth-order valence-corrected chi connectivity index (χ4v) is 1.66. The van der Waals surface area contributed by atoms with Gasteiger partial charge in [0.05, 0.1) is 11.1 Å². The molecule has 1 atom stereocenters. The lowest BCUT2D eigenvalue weighted by Crippen LogP contribution is -1.99. The predicted octanol–water partition coefficient (Wildman–Crippen LogP) is 1.76. The summed E-state index contributed by atoms with van der Waals surface area (Å²) in [6.45, 7) is 0. The number of hydrogen-bond donors (Lipinski definition) is 1. The zero-order chi connectivity index (χ0) is 9.97. The quantitative estimate of drug-likeness (QED) is 0.821.